The van der Waals surface area contributed by atoms with E-state index in [0.29, 0.717) is 17.0 Å². The first-order valence-electron chi connectivity index (χ1n) is 7.19. The minimum Gasteiger partial charge on any atom is -0.508 e. The van der Waals surface area contributed by atoms with Crippen molar-refractivity contribution >= 4 is 12.0 Å². The van der Waals surface area contributed by atoms with Gasteiger partial charge in [-0.2, -0.15) is 0 Å². The summed E-state index contributed by atoms with van der Waals surface area (Å²) in [5.74, 6) is -0.113. The normalized spacial score (nSPS) is 17.6. The summed E-state index contributed by atoms with van der Waals surface area (Å²) in [6.45, 7) is 5.08. The Morgan fingerprint density at radius 1 is 1.35 bits per heavy atom. The summed E-state index contributed by atoms with van der Waals surface area (Å²) in [7, 11) is 1.49. The third kappa shape index (κ3) is 3.56. The van der Waals surface area contributed by atoms with Crippen LogP contribution in [0.5, 0.6) is 11.5 Å². The van der Waals surface area contributed by atoms with Crippen LogP contribution < -0.4 is 15.4 Å². The number of benzene rings is 1. The Morgan fingerprint density at radius 3 is 2.65 bits per heavy atom. The fraction of sp³-hybridized carbons (Fsp3) is 0.375. The van der Waals surface area contributed by atoms with Gasteiger partial charge < -0.3 is 25.2 Å². The van der Waals surface area contributed by atoms with Gasteiger partial charge in [-0.3, -0.25) is 0 Å². The average molecular weight is 320 g/mol. The number of urea groups is 1. The summed E-state index contributed by atoms with van der Waals surface area (Å²) in [5, 5.41) is 15.3. The summed E-state index contributed by atoms with van der Waals surface area (Å²) >= 11 is 0. The number of ether oxygens (including phenoxy) is 2. The van der Waals surface area contributed by atoms with Crippen LogP contribution >= 0.6 is 0 Å². The predicted octanol–water partition coefficient (Wildman–Crippen LogP) is 1.98. The topological polar surface area (TPSA) is 96.9 Å². The SMILES string of the molecule is COc1ccc(O)c([C@@H]2NC(=O)NC(C)=C2C(=O)OC(C)C)c1. The number of phenolic OH excluding ortho intramolecular Hbond substituents is 1. The number of aromatic hydroxyl groups is 1. The van der Waals surface area contributed by atoms with Gasteiger partial charge in [-0.15, -0.1) is 0 Å². The van der Waals surface area contributed by atoms with Crippen LogP contribution in [-0.2, 0) is 9.53 Å². The van der Waals surface area contributed by atoms with Crippen LogP contribution in [0.2, 0.25) is 0 Å². The lowest BCUT2D eigenvalue weighted by molar-refractivity contribution is -0.143. The van der Waals surface area contributed by atoms with Crippen molar-refractivity contribution in [3.8, 4) is 11.5 Å². The van der Waals surface area contributed by atoms with E-state index >= 15 is 0 Å². The van der Waals surface area contributed by atoms with Gasteiger partial charge in [-0.05, 0) is 39.0 Å². The molecule has 2 rings (SSSR count). The third-order valence-corrected chi connectivity index (χ3v) is 3.38. The molecule has 0 unspecified atom stereocenters. The number of amides is 2. The Labute approximate surface area is 134 Å². The maximum atomic E-state index is 12.4. The number of rotatable bonds is 4. The summed E-state index contributed by atoms with van der Waals surface area (Å²) in [4.78, 5) is 24.2. The number of hydrogen-bond donors (Lipinski definition) is 3. The van der Waals surface area contributed by atoms with Crippen LogP contribution in [0.1, 0.15) is 32.4 Å². The predicted molar refractivity (Wildman–Crippen MR) is 83.0 cm³/mol. The van der Waals surface area contributed by atoms with Crippen molar-refractivity contribution < 1.29 is 24.2 Å². The van der Waals surface area contributed by atoms with Gasteiger partial charge in [0.05, 0.1) is 24.8 Å². The first-order valence-corrected chi connectivity index (χ1v) is 7.19. The van der Waals surface area contributed by atoms with Crippen LogP contribution in [0.25, 0.3) is 0 Å². The van der Waals surface area contributed by atoms with Gasteiger partial charge in [-0.25, -0.2) is 9.59 Å². The second kappa shape index (κ2) is 6.60. The summed E-state index contributed by atoms with van der Waals surface area (Å²) in [6.07, 6.45) is -0.306. The lowest BCUT2D eigenvalue weighted by Crippen LogP contribution is -2.45. The number of carbonyl (C=O) groups excluding carboxylic acids is 2. The smallest absolute Gasteiger partial charge is 0.338 e. The molecule has 0 radical (unpaired) electrons. The molecule has 0 aromatic heterocycles. The second-order valence-corrected chi connectivity index (χ2v) is 5.45. The molecule has 23 heavy (non-hydrogen) atoms. The largest absolute Gasteiger partial charge is 0.508 e. The molecule has 1 atom stereocenters. The van der Waals surface area contributed by atoms with Crippen molar-refractivity contribution in [2.75, 3.05) is 7.11 Å². The van der Waals surface area contributed by atoms with Crippen molar-refractivity contribution in [1.82, 2.24) is 10.6 Å². The molecule has 0 saturated heterocycles. The highest BCUT2D eigenvalue weighted by atomic mass is 16.5. The van der Waals surface area contributed by atoms with E-state index < -0.39 is 18.0 Å². The van der Waals surface area contributed by atoms with Crippen LogP contribution in [0, 0.1) is 0 Å². The number of carbonyl (C=O) groups is 2. The molecule has 0 fully saturated rings. The zero-order valence-corrected chi connectivity index (χ0v) is 13.5. The van der Waals surface area contributed by atoms with E-state index in [-0.39, 0.29) is 17.4 Å². The Balaban J connectivity index is 2.51. The van der Waals surface area contributed by atoms with Gasteiger partial charge in [-0.1, -0.05) is 0 Å². The minimum atomic E-state index is -0.829. The molecular formula is C16H20N2O5. The van der Waals surface area contributed by atoms with Gasteiger partial charge in [0.15, 0.2) is 0 Å². The number of allylic oxidation sites excluding steroid dienone is 1. The number of nitrogens with one attached hydrogen (secondary N) is 2. The third-order valence-electron chi connectivity index (χ3n) is 3.38. The van der Waals surface area contributed by atoms with Crippen molar-refractivity contribution in [2.45, 2.75) is 32.9 Å². The fourth-order valence-electron chi connectivity index (χ4n) is 2.37. The Morgan fingerprint density at radius 2 is 2.04 bits per heavy atom. The maximum absolute atomic E-state index is 12.4. The van der Waals surface area contributed by atoms with E-state index in [0.717, 1.165) is 0 Å². The average Bonchev–Trinajstić information content (AvgIpc) is 2.46. The molecule has 7 nitrogen and oxygen atoms in total. The van der Waals surface area contributed by atoms with E-state index in [1.807, 2.05) is 0 Å². The standard InChI is InChI=1S/C16H20N2O5/c1-8(2)23-15(20)13-9(3)17-16(21)18-14(13)11-7-10(22-4)5-6-12(11)19/h5-8,14,19H,1-4H3,(H2,17,18,21)/t14-/m0/s1. The lowest BCUT2D eigenvalue weighted by Gasteiger charge is -2.29. The van der Waals surface area contributed by atoms with Crippen molar-refractivity contribution in [2.24, 2.45) is 0 Å². The highest BCUT2D eigenvalue weighted by Crippen LogP contribution is 2.35. The highest BCUT2D eigenvalue weighted by molar-refractivity contribution is 5.95. The first-order chi connectivity index (χ1) is 10.8. The number of hydrogen-bond acceptors (Lipinski definition) is 5. The molecule has 0 spiro atoms. The molecule has 1 aliphatic heterocycles. The van der Waals surface area contributed by atoms with Gasteiger partial charge in [0.1, 0.15) is 11.5 Å². The molecule has 0 saturated carbocycles. The zero-order chi connectivity index (χ0) is 17.1. The zero-order valence-electron chi connectivity index (χ0n) is 13.5. The van der Waals surface area contributed by atoms with E-state index in [4.69, 9.17) is 9.47 Å². The molecular weight excluding hydrogens is 300 g/mol. The minimum absolute atomic E-state index is 0.0550. The quantitative estimate of drug-likeness (QED) is 0.737. The monoisotopic (exact) mass is 320 g/mol. The molecule has 0 aliphatic carbocycles. The van der Waals surface area contributed by atoms with Crippen LogP contribution in [-0.4, -0.2) is 30.3 Å². The van der Waals surface area contributed by atoms with Crippen LogP contribution in [0.15, 0.2) is 29.5 Å². The molecule has 1 heterocycles. The Bertz CT molecular complexity index is 666. The van der Waals surface area contributed by atoms with Crippen molar-refractivity contribution in [3.63, 3.8) is 0 Å². The van der Waals surface area contributed by atoms with Crippen LogP contribution in [0.4, 0.5) is 4.79 Å². The summed E-state index contributed by atoms with van der Waals surface area (Å²) in [5.41, 5.74) is 0.975. The molecule has 1 aliphatic rings. The van der Waals surface area contributed by atoms with Gasteiger partial charge in [0, 0.05) is 11.3 Å². The molecule has 1 aromatic carbocycles. The summed E-state index contributed by atoms with van der Waals surface area (Å²) in [6, 6.07) is 3.32. The lowest BCUT2D eigenvalue weighted by atomic mass is 9.94. The highest BCUT2D eigenvalue weighted by Gasteiger charge is 2.34. The summed E-state index contributed by atoms with van der Waals surface area (Å²) < 4.78 is 10.4. The van der Waals surface area contributed by atoms with E-state index in [9.17, 15) is 14.7 Å². The molecule has 124 valence electrons. The molecule has 1 aromatic rings. The van der Waals surface area contributed by atoms with Crippen molar-refractivity contribution in [1.29, 1.82) is 0 Å². The van der Waals surface area contributed by atoms with Gasteiger partial charge >= 0.3 is 12.0 Å². The van der Waals surface area contributed by atoms with E-state index in [1.165, 1.54) is 13.2 Å². The van der Waals surface area contributed by atoms with Crippen LogP contribution in [0.3, 0.4) is 0 Å². The fourth-order valence-corrected chi connectivity index (χ4v) is 2.37. The Kier molecular flexibility index (Phi) is 4.78. The molecule has 7 heteroatoms. The van der Waals surface area contributed by atoms with E-state index in [1.54, 1.807) is 32.9 Å². The number of phenols is 1. The Hall–Kier alpha value is -2.70. The molecule has 0 bridgehead atoms. The second-order valence-electron chi connectivity index (χ2n) is 5.45. The maximum Gasteiger partial charge on any atom is 0.338 e. The first kappa shape index (κ1) is 16.7. The molecule has 3 N–H and O–H groups in total. The molecule has 2 amide bonds. The number of esters is 1. The van der Waals surface area contributed by atoms with Gasteiger partial charge in [0.25, 0.3) is 0 Å². The number of methoxy groups -OCH3 is 1. The van der Waals surface area contributed by atoms with Crippen molar-refractivity contribution in [3.05, 3.63) is 35.0 Å². The van der Waals surface area contributed by atoms with Gasteiger partial charge in [0.2, 0.25) is 0 Å². The van der Waals surface area contributed by atoms with E-state index in [2.05, 4.69) is 10.6 Å².